The Bertz CT molecular complexity index is 433. The maximum atomic E-state index is 13.0. The number of aryl methyl sites for hydroxylation is 1. The Kier molecular flexibility index (Phi) is 3.43. The Balaban J connectivity index is 2.18. The molecule has 1 unspecified atom stereocenters. The van der Waals surface area contributed by atoms with E-state index in [0.717, 1.165) is 12.8 Å². The van der Waals surface area contributed by atoms with Crippen molar-refractivity contribution in [2.24, 2.45) is 0 Å². The molecule has 0 radical (unpaired) electrons. The summed E-state index contributed by atoms with van der Waals surface area (Å²) >= 11 is 0. The van der Waals surface area contributed by atoms with Gasteiger partial charge in [-0.2, -0.15) is 0 Å². The van der Waals surface area contributed by atoms with Crippen LogP contribution in [0, 0.1) is 12.7 Å². The average molecular weight is 237 g/mol. The molecular weight excluding hydrogens is 221 g/mol. The maximum absolute atomic E-state index is 13.0. The van der Waals surface area contributed by atoms with Gasteiger partial charge in [0.2, 0.25) is 0 Å². The molecule has 1 aliphatic heterocycles. The third-order valence-corrected chi connectivity index (χ3v) is 3.10. The number of β-amino-alcohol motifs (C(OH)–C–C–N with tert-alkyl or cyclic N) is 1. The minimum atomic E-state index is -0.437. The number of likely N-dealkylation sites (tertiary alicyclic amines) is 1. The molecular formula is C13H16FNO2. The minimum Gasteiger partial charge on any atom is -0.391 e. The Morgan fingerprint density at radius 3 is 2.94 bits per heavy atom. The number of benzene rings is 1. The fraction of sp³-hybridized carbons (Fsp3) is 0.462. The van der Waals surface area contributed by atoms with Crippen molar-refractivity contribution in [2.45, 2.75) is 25.9 Å². The summed E-state index contributed by atoms with van der Waals surface area (Å²) in [6.45, 7) is 2.75. The second-order valence-corrected chi connectivity index (χ2v) is 4.51. The van der Waals surface area contributed by atoms with Gasteiger partial charge in [-0.05, 0) is 43.5 Å². The molecule has 1 fully saturated rings. The van der Waals surface area contributed by atoms with Crippen molar-refractivity contribution in [2.75, 3.05) is 13.1 Å². The van der Waals surface area contributed by atoms with Crippen LogP contribution in [0.5, 0.6) is 0 Å². The first-order valence-electron chi connectivity index (χ1n) is 5.81. The molecule has 0 bridgehead atoms. The predicted octanol–water partition coefficient (Wildman–Crippen LogP) is 1.73. The Morgan fingerprint density at radius 1 is 1.53 bits per heavy atom. The molecule has 1 heterocycles. The molecule has 0 aliphatic carbocycles. The Labute approximate surface area is 99.9 Å². The molecule has 1 atom stereocenters. The fourth-order valence-electron chi connectivity index (χ4n) is 2.18. The monoisotopic (exact) mass is 237 g/mol. The molecule has 1 N–H and O–H groups in total. The first-order valence-corrected chi connectivity index (χ1v) is 5.81. The van der Waals surface area contributed by atoms with Gasteiger partial charge in [0.15, 0.2) is 0 Å². The second-order valence-electron chi connectivity index (χ2n) is 4.51. The van der Waals surface area contributed by atoms with Crippen LogP contribution < -0.4 is 0 Å². The molecule has 1 aromatic rings. The number of piperidine rings is 1. The number of nitrogens with zero attached hydrogens (tertiary/aromatic N) is 1. The summed E-state index contributed by atoms with van der Waals surface area (Å²) in [5.41, 5.74) is 1.15. The highest BCUT2D eigenvalue weighted by molar-refractivity contribution is 5.95. The van der Waals surface area contributed by atoms with Crippen LogP contribution in [0.4, 0.5) is 4.39 Å². The van der Waals surface area contributed by atoms with E-state index in [9.17, 15) is 14.3 Å². The van der Waals surface area contributed by atoms with E-state index in [1.165, 1.54) is 18.2 Å². The first-order chi connectivity index (χ1) is 8.08. The molecule has 1 amide bonds. The number of halogens is 1. The van der Waals surface area contributed by atoms with Crippen molar-refractivity contribution >= 4 is 5.91 Å². The first kappa shape index (κ1) is 12.0. The van der Waals surface area contributed by atoms with E-state index in [1.807, 2.05) is 0 Å². The number of rotatable bonds is 1. The SMILES string of the molecule is Cc1cc(F)ccc1C(=O)N1CCCC(O)C1. The third kappa shape index (κ3) is 2.64. The summed E-state index contributed by atoms with van der Waals surface area (Å²) in [6, 6.07) is 4.15. The zero-order valence-electron chi connectivity index (χ0n) is 9.82. The molecule has 1 aromatic carbocycles. The van der Waals surface area contributed by atoms with Crippen LogP contribution in [0.3, 0.4) is 0 Å². The van der Waals surface area contributed by atoms with Crippen molar-refractivity contribution in [3.05, 3.63) is 35.1 Å². The van der Waals surface area contributed by atoms with Gasteiger partial charge in [-0.3, -0.25) is 4.79 Å². The number of carbonyl (C=O) groups excluding carboxylic acids is 1. The lowest BCUT2D eigenvalue weighted by Gasteiger charge is -2.30. The molecule has 17 heavy (non-hydrogen) atoms. The topological polar surface area (TPSA) is 40.5 Å². The van der Waals surface area contributed by atoms with Gasteiger partial charge in [-0.1, -0.05) is 0 Å². The number of aliphatic hydroxyl groups is 1. The van der Waals surface area contributed by atoms with Crippen LogP contribution in [-0.4, -0.2) is 35.1 Å². The van der Waals surface area contributed by atoms with Crippen LogP contribution in [0.15, 0.2) is 18.2 Å². The maximum Gasteiger partial charge on any atom is 0.254 e. The van der Waals surface area contributed by atoms with E-state index < -0.39 is 6.10 Å². The van der Waals surface area contributed by atoms with Gasteiger partial charge in [0.25, 0.3) is 5.91 Å². The van der Waals surface area contributed by atoms with Gasteiger partial charge in [0, 0.05) is 18.7 Å². The van der Waals surface area contributed by atoms with Crippen LogP contribution in [-0.2, 0) is 0 Å². The van der Waals surface area contributed by atoms with E-state index in [4.69, 9.17) is 0 Å². The fourth-order valence-corrected chi connectivity index (χ4v) is 2.18. The molecule has 0 saturated carbocycles. The van der Waals surface area contributed by atoms with Crippen molar-refractivity contribution in [3.8, 4) is 0 Å². The molecule has 1 aliphatic rings. The molecule has 92 valence electrons. The highest BCUT2D eigenvalue weighted by Crippen LogP contribution is 2.17. The Morgan fingerprint density at radius 2 is 2.29 bits per heavy atom. The smallest absolute Gasteiger partial charge is 0.254 e. The summed E-state index contributed by atoms with van der Waals surface area (Å²) in [4.78, 5) is 13.8. The van der Waals surface area contributed by atoms with Crippen molar-refractivity contribution < 1.29 is 14.3 Å². The van der Waals surface area contributed by atoms with Crippen molar-refractivity contribution in [3.63, 3.8) is 0 Å². The number of aliphatic hydroxyl groups excluding tert-OH is 1. The van der Waals surface area contributed by atoms with E-state index in [1.54, 1.807) is 11.8 Å². The van der Waals surface area contributed by atoms with Crippen LogP contribution in [0.2, 0.25) is 0 Å². The molecule has 3 nitrogen and oxygen atoms in total. The number of amides is 1. The largest absolute Gasteiger partial charge is 0.391 e. The van der Waals surface area contributed by atoms with E-state index >= 15 is 0 Å². The molecule has 1 saturated heterocycles. The van der Waals surface area contributed by atoms with Gasteiger partial charge in [-0.25, -0.2) is 4.39 Å². The highest BCUT2D eigenvalue weighted by atomic mass is 19.1. The van der Waals surface area contributed by atoms with Gasteiger partial charge >= 0.3 is 0 Å². The molecule has 4 heteroatoms. The minimum absolute atomic E-state index is 0.124. The van der Waals surface area contributed by atoms with Gasteiger partial charge in [-0.15, -0.1) is 0 Å². The van der Waals surface area contributed by atoms with E-state index in [0.29, 0.717) is 24.2 Å². The molecule has 0 aromatic heterocycles. The number of hydrogen-bond donors (Lipinski definition) is 1. The zero-order chi connectivity index (χ0) is 12.4. The van der Waals surface area contributed by atoms with Gasteiger partial charge < -0.3 is 10.0 Å². The summed E-state index contributed by atoms with van der Waals surface area (Å²) in [6.07, 6.45) is 1.12. The van der Waals surface area contributed by atoms with E-state index in [2.05, 4.69) is 0 Å². The van der Waals surface area contributed by atoms with Crippen molar-refractivity contribution in [1.82, 2.24) is 4.90 Å². The summed E-state index contributed by atoms with van der Waals surface area (Å²) < 4.78 is 13.0. The standard InChI is InChI=1S/C13H16FNO2/c1-9-7-10(14)4-5-12(9)13(17)15-6-2-3-11(16)8-15/h4-5,7,11,16H,2-3,6,8H2,1H3. The lowest BCUT2D eigenvalue weighted by atomic mass is 10.0. The average Bonchev–Trinajstić information content (AvgIpc) is 2.28. The normalized spacial score (nSPS) is 20.4. The Hall–Kier alpha value is -1.42. The lowest BCUT2D eigenvalue weighted by molar-refractivity contribution is 0.0473. The van der Waals surface area contributed by atoms with Crippen LogP contribution in [0.1, 0.15) is 28.8 Å². The van der Waals surface area contributed by atoms with Crippen LogP contribution in [0.25, 0.3) is 0 Å². The van der Waals surface area contributed by atoms with E-state index in [-0.39, 0.29) is 11.7 Å². The zero-order valence-corrected chi connectivity index (χ0v) is 9.82. The van der Waals surface area contributed by atoms with Crippen LogP contribution >= 0.6 is 0 Å². The summed E-state index contributed by atoms with van der Waals surface area (Å²) in [5, 5.41) is 9.53. The second kappa shape index (κ2) is 4.84. The number of carbonyl (C=O) groups is 1. The molecule has 0 spiro atoms. The molecule has 2 rings (SSSR count). The lowest BCUT2D eigenvalue weighted by Crippen LogP contribution is -2.42. The highest BCUT2D eigenvalue weighted by Gasteiger charge is 2.23. The third-order valence-electron chi connectivity index (χ3n) is 3.10. The summed E-state index contributed by atoms with van der Waals surface area (Å²) in [7, 11) is 0. The van der Waals surface area contributed by atoms with Gasteiger partial charge in [0.1, 0.15) is 5.82 Å². The van der Waals surface area contributed by atoms with Crippen molar-refractivity contribution in [1.29, 1.82) is 0 Å². The quantitative estimate of drug-likeness (QED) is 0.808. The predicted molar refractivity (Wildman–Crippen MR) is 62.3 cm³/mol. The summed E-state index contributed by atoms with van der Waals surface area (Å²) in [5.74, 6) is -0.459. The number of hydrogen-bond acceptors (Lipinski definition) is 2. The van der Waals surface area contributed by atoms with Gasteiger partial charge in [0.05, 0.1) is 6.10 Å².